The van der Waals surface area contributed by atoms with Gasteiger partial charge in [0.25, 0.3) is 0 Å². The van der Waals surface area contributed by atoms with Gasteiger partial charge in [-0.1, -0.05) is 237 Å². The first kappa shape index (κ1) is 37.1. The molecule has 11 rings (SSSR count). The maximum atomic E-state index is 5.20. The third kappa shape index (κ3) is 6.28. The van der Waals surface area contributed by atoms with Crippen LogP contribution in [0.25, 0.3) is 78.4 Å². The van der Waals surface area contributed by atoms with Crippen molar-refractivity contribution >= 4 is 0 Å². The fourth-order valence-electron chi connectivity index (χ4n) is 9.65. The van der Waals surface area contributed by atoms with Crippen LogP contribution >= 0.6 is 0 Å². The first-order valence-electron chi connectivity index (χ1n) is 21.3. The summed E-state index contributed by atoms with van der Waals surface area (Å²) in [6, 6.07) is 85.2. The molecule has 0 saturated heterocycles. The molecule has 9 aromatic carbocycles. The standard InChI is InChI=1S/C60H42N2/c1-41-57(47-37-31-43(32-38-47)42-17-6-2-7-18-42)61-59(49-19-8-3-9-20-49)62-58(41)48-39-33-45(34-40-48)44-29-35-46(36-30-44)52-26-16-27-54-53-25-14-15-28-55(53)60(56(52)54,50-21-10-4-11-22-50)51-23-12-5-13-24-51/h2-40H,1H3. The molecule has 1 aliphatic carbocycles. The van der Waals surface area contributed by atoms with Crippen LogP contribution in [0.5, 0.6) is 0 Å². The summed E-state index contributed by atoms with van der Waals surface area (Å²) < 4.78 is 0. The third-order valence-electron chi connectivity index (χ3n) is 12.6. The van der Waals surface area contributed by atoms with Crippen molar-refractivity contribution in [3.63, 3.8) is 0 Å². The Morgan fingerprint density at radius 2 is 0.661 bits per heavy atom. The van der Waals surface area contributed by atoms with E-state index in [9.17, 15) is 0 Å². The van der Waals surface area contributed by atoms with E-state index in [0.717, 1.165) is 44.8 Å². The van der Waals surface area contributed by atoms with Crippen molar-refractivity contribution < 1.29 is 0 Å². The minimum atomic E-state index is -0.468. The van der Waals surface area contributed by atoms with Crippen LogP contribution in [0, 0.1) is 6.92 Å². The third-order valence-corrected chi connectivity index (χ3v) is 12.6. The Labute approximate surface area is 363 Å². The average molecular weight is 791 g/mol. The number of nitrogens with zero attached hydrogens (tertiary/aromatic N) is 2. The van der Waals surface area contributed by atoms with Gasteiger partial charge in [-0.25, -0.2) is 9.97 Å². The molecule has 1 heterocycles. The first-order chi connectivity index (χ1) is 30.7. The quantitative estimate of drug-likeness (QED) is 0.153. The van der Waals surface area contributed by atoms with Crippen LogP contribution in [0.4, 0.5) is 0 Å². The average Bonchev–Trinajstić information content (AvgIpc) is 3.67. The number of hydrogen-bond acceptors (Lipinski definition) is 2. The van der Waals surface area contributed by atoms with Gasteiger partial charge in [0.1, 0.15) is 0 Å². The summed E-state index contributed by atoms with van der Waals surface area (Å²) in [6.45, 7) is 2.14. The summed E-state index contributed by atoms with van der Waals surface area (Å²) in [7, 11) is 0. The Morgan fingerprint density at radius 1 is 0.290 bits per heavy atom. The summed E-state index contributed by atoms with van der Waals surface area (Å²) >= 11 is 0. The lowest BCUT2D eigenvalue weighted by Gasteiger charge is -2.35. The van der Waals surface area contributed by atoms with Gasteiger partial charge in [-0.05, 0) is 73.7 Å². The van der Waals surface area contributed by atoms with Crippen LogP contribution in [0.2, 0.25) is 0 Å². The lowest BCUT2D eigenvalue weighted by molar-refractivity contribution is 0.770. The second-order valence-corrected chi connectivity index (χ2v) is 16.1. The number of aromatic nitrogens is 2. The maximum Gasteiger partial charge on any atom is 0.160 e. The van der Waals surface area contributed by atoms with Gasteiger partial charge in [0.15, 0.2) is 5.82 Å². The summed E-state index contributed by atoms with van der Waals surface area (Å²) in [4.78, 5) is 10.4. The highest BCUT2D eigenvalue weighted by atomic mass is 14.9. The number of rotatable bonds is 8. The van der Waals surface area contributed by atoms with E-state index in [4.69, 9.17) is 9.97 Å². The molecule has 0 bridgehead atoms. The minimum Gasteiger partial charge on any atom is -0.228 e. The second kappa shape index (κ2) is 15.6. The first-order valence-corrected chi connectivity index (χ1v) is 21.3. The highest BCUT2D eigenvalue weighted by molar-refractivity contribution is 5.93. The molecule has 0 spiro atoms. The van der Waals surface area contributed by atoms with Crippen molar-refractivity contribution in [1.82, 2.24) is 9.97 Å². The van der Waals surface area contributed by atoms with Gasteiger partial charge in [0.05, 0.1) is 16.8 Å². The van der Waals surface area contributed by atoms with Gasteiger partial charge < -0.3 is 0 Å². The van der Waals surface area contributed by atoms with Gasteiger partial charge >= 0.3 is 0 Å². The molecule has 2 heteroatoms. The van der Waals surface area contributed by atoms with E-state index in [1.54, 1.807) is 0 Å². The van der Waals surface area contributed by atoms with Gasteiger partial charge in [-0.3, -0.25) is 0 Å². The SMILES string of the molecule is Cc1c(-c2ccc(-c3ccccc3)cc2)nc(-c2ccccc2)nc1-c1ccc(-c2ccc(-c3cccc4c3C(c3ccccc3)(c3ccccc3)c3ccccc3-4)cc2)cc1. The molecular weight excluding hydrogens is 749 g/mol. The topological polar surface area (TPSA) is 25.8 Å². The molecular formula is C60H42N2. The van der Waals surface area contributed by atoms with E-state index in [2.05, 4.69) is 225 Å². The summed E-state index contributed by atoms with van der Waals surface area (Å²) in [6.07, 6.45) is 0. The van der Waals surface area contributed by atoms with Gasteiger partial charge in [-0.2, -0.15) is 0 Å². The number of fused-ring (bicyclic) bond motifs is 3. The predicted molar refractivity (Wildman–Crippen MR) is 257 cm³/mol. The fourth-order valence-corrected chi connectivity index (χ4v) is 9.65. The summed E-state index contributed by atoms with van der Waals surface area (Å²) in [5.41, 5.74) is 20.5. The maximum absolute atomic E-state index is 5.20. The van der Waals surface area contributed by atoms with Crippen molar-refractivity contribution in [1.29, 1.82) is 0 Å². The van der Waals surface area contributed by atoms with E-state index in [0.29, 0.717) is 5.82 Å². The normalized spacial score (nSPS) is 12.4. The van der Waals surface area contributed by atoms with Crippen LogP contribution in [0.3, 0.4) is 0 Å². The fraction of sp³-hybridized carbons (Fsp3) is 0.0333. The molecule has 2 nitrogen and oxygen atoms in total. The van der Waals surface area contributed by atoms with Gasteiger partial charge in [-0.15, -0.1) is 0 Å². The van der Waals surface area contributed by atoms with Crippen LogP contribution in [0.1, 0.15) is 27.8 Å². The zero-order chi connectivity index (χ0) is 41.5. The molecule has 1 aliphatic rings. The largest absolute Gasteiger partial charge is 0.228 e. The monoisotopic (exact) mass is 790 g/mol. The van der Waals surface area contributed by atoms with Gasteiger partial charge in [0.2, 0.25) is 0 Å². The highest BCUT2D eigenvalue weighted by Gasteiger charge is 2.47. The van der Waals surface area contributed by atoms with Crippen molar-refractivity contribution in [2.45, 2.75) is 12.3 Å². The summed E-state index contributed by atoms with van der Waals surface area (Å²) in [5, 5.41) is 0. The van der Waals surface area contributed by atoms with Crippen LogP contribution in [0.15, 0.2) is 237 Å². The Kier molecular flexibility index (Phi) is 9.32. The molecule has 0 radical (unpaired) electrons. The minimum absolute atomic E-state index is 0.468. The predicted octanol–water partition coefficient (Wildman–Crippen LogP) is 15.2. The molecule has 1 aromatic heterocycles. The number of benzene rings is 9. The molecule has 0 aliphatic heterocycles. The number of hydrogen-bond donors (Lipinski definition) is 0. The Hall–Kier alpha value is -7.94. The molecule has 0 saturated carbocycles. The molecule has 0 N–H and O–H groups in total. The van der Waals surface area contributed by atoms with Crippen LogP contribution < -0.4 is 0 Å². The molecule has 0 unspecified atom stereocenters. The van der Waals surface area contributed by atoms with Crippen LogP contribution in [-0.4, -0.2) is 9.97 Å². The van der Waals surface area contributed by atoms with E-state index < -0.39 is 5.41 Å². The Morgan fingerprint density at radius 3 is 1.18 bits per heavy atom. The molecule has 0 amide bonds. The van der Waals surface area contributed by atoms with Gasteiger partial charge in [0, 0.05) is 22.3 Å². The summed E-state index contributed by atoms with van der Waals surface area (Å²) in [5.74, 6) is 0.715. The Bertz CT molecular complexity index is 3140. The van der Waals surface area contributed by atoms with Crippen molar-refractivity contribution in [3.05, 3.63) is 264 Å². The lowest BCUT2D eigenvalue weighted by Crippen LogP contribution is -2.29. The van der Waals surface area contributed by atoms with Crippen molar-refractivity contribution in [2.24, 2.45) is 0 Å². The highest BCUT2D eigenvalue weighted by Crippen LogP contribution is 2.58. The second-order valence-electron chi connectivity index (χ2n) is 16.1. The smallest absolute Gasteiger partial charge is 0.160 e. The van der Waals surface area contributed by atoms with E-state index >= 15 is 0 Å². The zero-order valence-electron chi connectivity index (χ0n) is 34.4. The van der Waals surface area contributed by atoms with Crippen molar-refractivity contribution in [2.75, 3.05) is 0 Å². The van der Waals surface area contributed by atoms with E-state index in [-0.39, 0.29) is 0 Å². The van der Waals surface area contributed by atoms with E-state index in [1.807, 2.05) is 18.2 Å². The van der Waals surface area contributed by atoms with Crippen LogP contribution in [-0.2, 0) is 5.41 Å². The molecule has 0 fully saturated rings. The van der Waals surface area contributed by atoms with Crippen molar-refractivity contribution in [3.8, 4) is 78.4 Å². The molecule has 0 atom stereocenters. The Balaban J connectivity index is 0.964. The zero-order valence-corrected chi connectivity index (χ0v) is 34.4. The molecule has 62 heavy (non-hydrogen) atoms. The molecule has 292 valence electrons. The van der Waals surface area contributed by atoms with E-state index in [1.165, 1.54) is 55.6 Å². The molecule has 10 aromatic rings. The lowest BCUT2D eigenvalue weighted by atomic mass is 9.66.